The number of hydrogen-bond acceptors (Lipinski definition) is 5. The topological polar surface area (TPSA) is 95.3 Å². The van der Waals surface area contributed by atoms with Crippen LogP contribution in [0.1, 0.15) is 30.3 Å². The number of benzene rings is 1. The summed E-state index contributed by atoms with van der Waals surface area (Å²) in [6.45, 7) is 3.40. The molecule has 2 heterocycles. The van der Waals surface area contributed by atoms with Crippen molar-refractivity contribution in [2.75, 3.05) is 18.0 Å². The van der Waals surface area contributed by atoms with E-state index in [2.05, 4.69) is 14.9 Å². The smallest absolute Gasteiger partial charge is 0.272 e. The van der Waals surface area contributed by atoms with Gasteiger partial charge in [-0.1, -0.05) is 0 Å². The van der Waals surface area contributed by atoms with Crippen molar-refractivity contribution < 1.29 is 10.0 Å². The van der Waals surface area contributed by atoms with Crippen LogP contribution >= 0.6 is 0 Å². The van der Waals surface area contributed by atoms with Gasteiger partial charge in [0.25, 0.3) is 5.69 Å². The monoisotopic (exact) mass is 316 g/mol. The Hall–Kier alpha value is -2.41. The normalized spacial score (nSPS) is 17.2. The van der Waals surface area contributed by atoms with Crippen LogP contribution in [0.2, 0.25) is 0 Å². The van der Waals surface area contributed by atoms with Crippen LogP contribution in [-0.4, -0.2) is 33.1 Å². The van der Waals surface area contributed by atoms with E-state index in [4.69, 9.17) is 0 Å². The highest BCUT2D eigenvalue weighted by molar-refractivity contribution is 5.55. The molecule has 1 saturated heterocycles. The van der Waals surface area contributed by atoms with Gasteiger partial charge in [0.2, 0.25) is 0 Å². The van der Waals surface area contributed by atoms with Crippen molar-refractivity contribution in [2.45, 2.75) is 25.9 Å². The molecule has 1 aliphatic heterocycles. The Labute approximate surface area is 134 Å². The van der Waals surface area contributed by atoms with Crippen LogP contribution in [0.4, 0.5) is 11.4 Å². The maximum Gasteiger partial charge on any atom is 0.272 e. The van der Waals surface area contributed by atoms with Crippen LogP contribution in [-0.2, 0) is 0 Å². The van der Waals surface area contributed by atoms with Gasteiger partial charge < -0.3 is 15.0 Å². The standard InChI is InChI=1S/C16H20N4O3/c1-11-10-13(2-3-14(11)20(22)23)19-8-4-12(5-9-19)15(21)16-17-6-7-18-16/h2-3,6-7,10,12,15,21H,4-5,8-9H2,1H3,(H,17,18). The van der Waals surface area contributed by atoms with Crippen molar-refractivity contribution in [2.24, 2.45) is 5.92 Å². The summed E-state index contributed by atoms with van der Waals surface area (Å²) in [6, 6.07) is 5.23. The number of rotatable bonds is 4. The molecule has 0 radical (unpaired) electrons. The van der Waals surface area contributed by atoms with Crippen molar-refractivity contribution >= 4 is 11.4 Å². The molecule has 0 bridgehead atoms. The summed E-state index contributed by atoms with van der Waals surface area (Å²) in [5.74, 6) is 0.797. The fourth-order valence-electron chi connectivity index (χ4n) is 3.18. The first kappa shape index (κ1) is 15.5. The van der Waals surface area contributed by atoms with E-state index in [1.807, 2.05) is 6.07 Å². The number of aliphatic hydroxyl groups is 1. The highest BCUT2D eigenvalue weighted by Crippen LogP contribution is 2.32. The minimum atomic E-state index is -0.564. The van der Waals surface area contributed by atoms with E-state index in [0.717, 1.165) is 31.6 Å². The first-order valence-corrected chi connectivity index (χ1v) is 7.73. The second kappa shape index (κ2) is 6.37. The molecule has 2 N–H and O–H groups in total. The number of nitro benzene ring substituents is 1. The number of hydrogen-bond donors (Lipinski definition) is 2. The molecule has 2 aromatic rings. The number of aliphatic hydroxyl groups excluding tert-OH is 1. The Morgan fingerprint density at radius 2 is 2.17 bits per heavy atom. The van der Waals surface area contributed by atoms with Gasteiger partial charge >= 0.3 is 0 Å². The van der Waals surface area contributed by atoms with Crippen molar-refractivity contribution in [3.8, 4) is 0 Å². The molecule has 23 heavy (non-hydrogen) atoms. The Bertz CT molecular complexity index is 679. The van der Waals surface area contributed by atoms with Gasteiger partial charge in [-0.2, -0.15) is 0 Å². The lowest BCUT2D eigenvalue weighted by Crippen LogP contribution is -2.35. The molecular formula is C16H20N4O3. The summed E-state index contributed by atoms with van der Waals surface area (Å²) in [7, 11) is 0. The van der Waals surface area contributed by atoms with Gasteiger partial charge in [-0.25, -0.2) is 4.98 Å². The number of nitrogens with zero attached hydrogens (tertiary/aromatic N) is 3. The third kappa shape index (κ3) is 3.19. The molecule has 122 valence electrons. The Balaban J connectivity index is 1.65. The van der Waals surface area contributed by atoms with Gasteiger partial charge in [-0.05, 0) is 37.8 Å². The lowest BCUT2D eigenvalue weighted by molar-refractivity contribution is -0.385. The minimum Gasteiger partial charge on any atom is -0.385 e. The Kier molecular flexibility index (Phi) is 4.29. The highest BCUT2D eigenvalue weighted by atomic mass is 16.6. The van der Waals surface area contributed by atoms with Gasteiger partial charge in [0.05, 0.1) is 4.92 Å². The second-order valence-electron chi connectivity index (χ2n) is 5.97. The first-order valence-electron chi connectivity index (χ1n) is 7.73. The number of aromatic amines is 1. The van der Waals surface area contributed by atoms with E-state index in [1.54, 1.807) is 31.5 Å². The number of piperidine rings is 1. The molecule has 1 aliphatic rings. The summed E-state index contributed by atoms with van der Waals surface area (Å²) in [5, 5.41) is 21.2. The van der Waals surface area contributed by atoms with Crippen LogP contribution in [0.5, 0.6) is 0 Å². The molecule has 3 rings (SSSR count). The number of imidazole rings is 1. The first-order chi connectivity index (χ1) is 11.1. The van der Waals surface area contributed by atoms with E-state index in [0.29, 0.717) is 11.4 Å². The zero-order chi connectivity index (χ0) is 16.4. The third-order valence-electron chi connectivity index (χ3n) is 4.53. The van der Waals surface area contributed by atoms with Gasteiger partial charge in [0.1, 0.15) is 11.9 Å². The summed E-state index contributed by atoms with van der Waals surface area (Å²) >= 11 is 0. The molecule has 1 unspecified atom stereocenters. The largest absolute Gasteiger partial charge is 0.385 e. The van der Waals surface area contributed by atoms with E-state index >= 15 is 0 Å². The molecule has 0 saturated carbocycles. The van der Waals surface area contributed by atoms with E-state index < -0.39 is 6.10 Å². The predicted molar refractivity (Wildman–Crippen MR) is 86.3 cm³/mol. The van der Waals surface area contributed by atoms with Crippen LogP contribution in [0, 0.1) is 23.0 Å². The fraction of sp³-hybridized carbons (Fsp3) is 0.438. The molecule has 0 amide bonds. The molecule has 7 nitrogen and oxygen atoms in total. The maximum absolute atomic E-state index is 10.9. The van der Waals surface area contributed by atoms with Crippen LogP contribution in [0.3, 0.4) is 0 Å². The average molecular weight is 316 g/mol. The number of aromatic nitrogens is 2. The lowest BCUT2D eigenvalue weighted by atomic mass is 9.90. The van der Waals surface area contributed by atoms with Crippen molar-refractivity contribution in [1.29, 1.82) is 0 Å². The zero-order valence-electron chi connectivity index (χ0n) is 13.0. The number of nitrogens with one attached hydrogen (secondary N) is 1. The van der Waals surface area contributed by atoms with Crippen LogP contribution in [0.15, 0.2) is 30.6 Å². The summed E-state index contributed by atoms with van der Waals surface area (Å²) in [6.07, 6.45) is 4.52. The SMILES string of the molecule is Cc1cc(N2CCC(C(O)c3ncc[nH]3)CC2)ccc1[N+](=O)[O-]. The van der Waals surface area contributed by atoms with Crippen molar-refractivity contribution in [3.05, 3.63) is 52.1 Å². The van der Waals surface area contributed by atoms with Crippen LogP contribution in [0.25, 0.3) is 0 Å². The Morgan fingerprint density at radius 3 is 2.74 bits per heavy atom. The number of anilines is 1. The quantitative estimate of drug-likeness (QED) is 0.667. The second-order valence-corrected chi connectivity index (χ2v) is 5.97. The van der Waals surface area contributed by atoms with Gasteiger partial charge in [0.15, 0.2) is 0 Å². The average Bonchev–Trinajstić information content (AvgIpc) is 3.08. The lowest BCUT2D eigenvalue weighted by Gasteiger charge is -2.35. The molecule has 0 spiro atoms. The molecule has 7 heteroatoms. The number of H-pyrrole nitrogens is 1. The maximum atomic E-state index is 10.9. The molecule has 1 atom stereocenters. The van der Waals surface area contributed by atoms with Crippen LogP contribution < -0.4 is 4.90 Å². The zero-order valence-corrected chi connectivity index (χ0v) is 13.0. The van der Waals surface area contributed by atoms with E-state index in [1.165, 1.54) is 0 Å². The predicted octanol–water partition coefficient (Wildman–Crippen LogP) is 2.58. The third-order valence-corrected chi connectivity index (χ3v) is 4.53. The number of aryl methyl sites for hydroxylation is 1. The molecule has 1 aromatic heterocycles. The van der Waals surface area contributed by atoms with Gasteiger partial charge in [-0.3, -0.25) is 10.1 Å². The van der Waals surface area contributed by atoms with E-state index in [-0.39, 0.29) is 16.5 Å². The van der Waals surface area contributed by atoms with Gasteiger partial charge in [0, 0.05) is 42.8 Å². The molecule has 1 fully saturated rings. The minimum absolute atomic E-state index is 0.150. The Morgan fingerprint density at radius 1 is 1.43 bits per heavy atom. The van der Waals surface area contributed by atoms with Gasteiger partial charge in [-0.15, -0.1) is 0 Å². The molecule has 0 aliphatic carbocycles. The summed E-state index contributed by atoms with van der Waals surface area (Å²) in [5.41, 5.74) is 1.82. The highest BCUT2D eigenvalue weighted by Gasteiger charge is 2.28. The van der Waals surface area contributed by atoms with E-state index in [9.17, 15) is 15.2 Å². The summed E-state index contributed by atoms with van der Waals surface area (Å²) < 4.78 is 0. The summed E-state index contributed by atoms with van der Waals surface area (Å²) in [4.78, 5) is 19.8. The molecular weight excluding hydrogens is 296 g/mol. The van der Waals surface area contributed by atoms with Crippen molar-refractivity contribution in [3.63, 3.8) is 0 Å². The number of nitro groups is 1. The van der Waals surface area contributed by atoms with Crippen molar-refractivity contribution in [1.82, 2.24) is 9.97 Å². The molecule has 1 aromatic carbocycles. The fourth-order valence-corrected chi connectivity index (χ4v) is 3.18.